The van der Waals surface area contributed by atoms with Crippen molar-refractivity contribution in [2.75, 3.05) is 0 Å². The number of carbonyl (C=O) groups excluding carboxylic acids is 1. The number of carbonyl (C=O) groups is 2. The van der Waals surface area contributed by atoms with Crippen molar-refractivity contribution in [3.05, 3.63) is 70.5 Å². The van der Waals surface area contributed by atoms with Gasteiger partial charge in [0.1, 0.15) is 5.82 Å². The van der Waals surface area contributed by atoms with Crippen LogP contribution in [0, 0.1) is 5.82 Å². The highest BCUT2D eigenvalue weighted by atomic mass is 35.5. The third-order valence-electron chi connectivity index (χ3n) is 3.06. The molecule has 22 heavy (non-hydrogen) atoms. The summed E-state index contributed by atoms with van der Waals surface area (Å²) in [5, 5.41) is 12.1. The number of aliphatic carboxylic acids is 1. The van der Waals surface area contributed by atoms with Crippen LogP contribution in [0.5, 0.6) is 0 Å². The van der Waals surface area contributed by atoms with Crippen molar-refractivity contribution in [3.8, 4) is 0 Å². The second-order valence-corrected chi connectivity index (χ2v) is 5.12. The number of carboxylic acids is 1. The van der Waals surface area contributed by atoms with Gasteiger partial charge in [0, 0.05) is 10.6 Å². The summed E-state index contributed by atoms with van der Waals surface area (Å²) in [5.41, 5.74) is 0.882. The number of amides is 1. The van der Waals surface area contributed by atoms with E-state index < -0.39 is 23.7 Å². The molecule has 2 rings (SSSR count). The maximum Gasteiger partial charge on any atom is 0.305 e. The van der Waals surface area contributed by atoms with Crippen molar-refractivity contribution >= 4 is 23.5 Å². The first-order valence-electron chi connectivity index (χ1n) is 6.49. The molecule has 0 unspecified atom stereocenters. The molecular weight excluding hydrogens is 309 g/mol. The zero-order valence-corrected chi connectivity index (χ0v) is 12.2. The normalized spacial score (nSPS) is 11.7. The molecule has 0 fully saturated rings. The average Bonchev–Trinajstić information content (AvgIpc) is 2.47. The molecule has 0 spiro atoms. The van der Waals surface area contributed by atoms with Crippen LogP contribution >= 0.6 is 11.6 Å². The van der Waals surface area contributed by atoms with E-state index in [-0.39, 0.29) is 12.0 Å². The number of hydrogen-bond acceptors (Lipinski definition) is 2. The van der Waals surface area contributed by atoms with Gasteiger partial charge in [-0.15, -0.1) is 0 Å². The van der Waals surface area contributed by atoms with E-state index in [0.717, 1.165) is 0 Å². The van der Waals surface area contributed by atoms with Crippen molar-refractivity contribution in [1.82, 2.24) is 5.32 Å². The van der Waals surface area contributed by atoms with Crippen molar-refractivity contribution in [2.24, 2.45) is 0 Å². The van der Waals surface area contributed by atoms with Crippen LogP contribution in [0.3, 0.4) is 0 Å². The number of rotatable bonds is 5. The standard InChI is InChI=1S/C16H13ClFNO3/c17-12-5-1-10(2-6-12)14(9-15(20)21)19-16(22)11-3-7-13(18)8-4-11/h1-8,14H,9H2,(H,19,22)(H,20,21)/t14-/m1/s1. The molecule has 0 saturated heterocycles. The molecule has 2 aromatic carbocycles. The lowest BCUT2D eigenvalue weighted by Gasteiger charge is -2.17. The molecule has 2 aromatic rings. The van der Waals surface area contributed by atoms with Gasteiger partial charge in [-0.05, 0) is 42.0 Å². The number of hydrogen-bond donors (Lipinski definition) is 2. The Balaban J connectivity index is 2.19. The van der Waals surface area contributed by atoms with Gasteiger partial charge in [0.25, 0.3) is 5.91 Å². The van der Waals surface area contributed by atoms with E-state index in [9.17, 15) is 14.0 Å². The fraction of sp³-hybridized carbons (Fsp3) is 0.125. The minimum absolute atomic E-state index is 0.255. The molecule has 0 saturated carbocycles. The van der Waals surface area contributed by atoms with Gasteiger partial charge in [-0.1, -0.05) is 23.7 Å². The van der Waals surface area contributed by atoms with E-state index in [1.54, 1.807) is 24.3 Å². The zero-order chi connectivity index (χ0) is 16.1. The fourth-order valence-electron chi connectivity index (χ4n) is 1.96. The predicted octanol–water partition coefficient (Wildman–Crippen LogP) is 3.42. The van der Waals surface area contributed by atoms with Crippen LogP contribution in [-0.4, -0.2) is 17.0 Å². The van der Waals surface area contributed by atoms with Crippen LogP contribution in [0.15, 0.2) is 48.5 Å². The largest absolute Gasteiger partial charge is 0.481 e. The Hall–Kier alpha value is -2.40. The van der Waals surface area contributed by atoms with Gasteiger partial charge < -0.3 is 10.4 Å². The summed E-state index contributed by atoms with van der Waals surface area (Å²) in [7, 11) is 0. The second-order valence-electron chi connectivity index (χ2n) is 4.68. The van der Waals surface area contributed by atoms with Crippen LogP contribution in [0.4, 0.5) is 4.39 Å². The average molecular weight is 322 g/mol. The summed E-state index contributed by atoms with van der Waals surface area (Å²) >= 11 is 5.80. The van der Waals surface area contributed by atoms with E-state index in [1.807, 2.05) is 0 Å². The Morgan fingerprint density at radius 2 is 1.68 bits per heavy atom. The molecule has 0 aromatic heterocycles. The molecule has 4 nitrogen and oxygen atoms in total. The Labute approximate surface area is 131 Å². The quantitative estimate of drug-likeness (QED) is 0.886. The molecule has 1 amide bonds. The molecule has 0 aliphatic heterocycles. The zero-order valence-electron chi connectivity index (χ0n) is 11.4. The van der Waals surface area contributed by atoms with E-state index in [2.05, 4.69) is 5.32 Å². The van der Waals surface area contributed by atoms with Gasteiger partial charge in [0.2, 0.25) is 0 Å². The number of carboxylic acid groups (broad SMARTS) is 1. The van der Waals surface area contributed by atoms with Gasteiger partial charge in [-0.25, -0.2) is 4.39 Å². The lowest BCUT2D eigenvalue weighted by atomic mass is 10.0. The highest BCUT2D eigenvalue weighted by molar-refractivity contribution is 6.30. The first-order valence-corrected chi connectivity index (χ1v) is 6.87. The predicted molar refractivity (Wildman–Crippen MR) is 80.3 cm³/mol. The van der Waals surface area contributed by atoms with Crippen LogP contribution in [0.1, 0.15) is 28.4 Å². The number of benzene rings is 2. The molecule has 114 valence electrons. The summed E-state index contributed by atoms with van der Waals surface area (Å²) in [4.78, 5) is 23.1. The first kappa shape index (κ1) is 16.0. The van der Waals surface area contributed by atoms with Crippen molar-refractivity contribution in [3.63, 3.8) is 0 Å². The van der Waals surface area contributed by atoms with Crippen molar-refractivity contribution < 1.29 is 19.1 Å². The van der Waals surface area contributed by atoms with Crippen LogP contribution in [-0.2, 0) is 4.79 Å². The molecule has 0 aliphatic carbocycles. The summed E-state index contributed by atoms with van der Waals surface area (Å²) in [6.07, 6.45) is -0.269. The molecule has 0 heterocycles. The third kappa shape index (κ3) is 4.30. The summed E-state index contributed by atoms with van der Waals surface area (Å²) in [6, 6.07) is 10.9. The Morgan fingerprint density at radius 1 is 1.09 bits per heavy atom. The molecular formula is C16H13ClFNO3. The molecule has 1 atom stereocenters. The van der Waals surface area contributed by atoms with Crippen molar-refractivity contribution in [1.29, 1.82) is 0 Å². The molecule has 0 radical (unpaired) electrons. The van der Waals surface area contributed by atoms with Gasteiger partial charge in [-0.3, -0.25) is 9.59 Å². The van der Waals surface area contributed by atoms with Gasteiger partial charge in [0.15, 0.2) is 0 Å². The molecule has 0 bridgehead atoms. The Kier molecular flexibility index (Phi) is 5.12. The molecule has 2 N–H and O–H groups in total. The highest BCUT2D eigenvalue weighted by Crippen LogP contribution is 2.20. The second kappa shape index (κ2) is 7.04. The lowest BCUT2D eigenvalue weighted by Crippen LogP contribution is -2.30. The van der Waals surface area contributed by atoms with E-state index in [4.69, 9.17) is 16.7 Å². The van der Waals surface area contributed by atoms with Gasteiger partial charge in [-0.2, -0.15) is 0 Å². The Bertz CT molecular complexity index is 671. The number of halogens is 2. The maximum absolute atomic E-state index is 12.9. The molecule has 0 aliphatic rings. The summed E-state index contributed by atoms with van der Waals surface area (Å²) < 4.78 is 12.9. The van der Waals surface area contributed by atoms with E-state index >= 15 is 0 Å². The highest BCUT2D eigenvalue weighted by Gasteiger charge is 2.19. The van der Waals surface area contributed by atoms with Gasteiger partial charge in [0.05, 0.1) is 12.5 Å². The fourth-order valence-corrected chi connectivity index (χ4v) is 2.09. The monoisotopic (exact) mass is 321 g/mol. The molecule has 6 heteroatoms. The van der Waals surface area contributed by atoms with Crippen LogP contribution in [0.2, 0.25) is 5.02 Å². The first-order chi connectivity index (χ1) is 10.5. The lowest BCUT2D eigenvalue weighted by molar-refractivity contribution is -0.137. The SMILES string of the molecule is O=C(O)C[C@@H](NC(=O)c1ccc(F)cc1)c1ccc(Cl)cc1. The smallest absolute Gasteiger partial charge is 0.305 e. The van der Waals surface area contributed by atoms with E-state index in [0.29, 0.717) is 10.6 Å². The van der Waals surface area contributed by atoms with E-state index in [1.165, 1.54) is 24.3 Å². The topological polar surface area (TPSA) is 66.4 Å². The third-order valence-corrected chi connectivity index (χ3v) is 3.31. The van der Waals surface area contributed by atoms with Crippen LogP contribution < -0.4 is 5.32 Å². The maximum atomic E-state index is 12.9. The minimum Gasteiger partial charge on any atom is -0.481 e. The van der Waals surface area contributed by atoms with Crippen molar-refractivity contribution in [2.45, 2.75) is 12.5 Å². The number of nitrogens with one attached hydrogen (secondary N) is 1. The van der Waals surface area contributed by atoms with Gasteiger partial charge >= 0.3 is 5.97 Å². The minimum atomic E-state index is -1.04. The summed E-state index contributed by atoms with van der Waals surface area (Å²) in [5.74, 6) is -1.96. The summed E-state index contributed by atoms with van der Waals surface area (Å²) in [6.45, 7) is 0. The Morgan fingerprint density at radius 3 is 2.23 bits per heavy atom. The van der Waals surface area contributed by atoms with Crippen LogP contribution in [0.25, 0.3) is 0 Å².